The summed E-state index contributed by atoms with van der Waals surface area (Å²) in [6.07, 6.45) is -0.448. The Morgan fingerprint density at radius 2 is 1.91 bits per heavy atom. The van der Waals surface area contributed by atoms with Crippen LogP contribution in [0.5, 0.6) is 0 Å². The number of aryl methyl sites for hydroxylation is 1. The first-order valence-electron chi connectivity index (χ1n) is 11.1. The molecule has 1 spiro atoms. The number of amides is 2. The van der Waals surface area contributed by atoms with Gasteiger partial charge in [-0.1, -0.05) is 12.1 Å². The fourth-order valence-electron chi connectivity index (χ4n) is 4.77. The summed E-state index contributed by atoms with van der Waals surface area (Å²) in [6.45, 7) is 7.57. The minimum atomic E-state index is -1.27. The lowest BCUT2D eigenvalue weighted by atomic mass is 9.78. The van der Waals surface area contributed by atoms with E-state index in [0.717, 1.165) is 22.4 Å². The Morgan fingerprint density at radius 1 is 1.21 bits per heavy atom. The average molecular weight is 452 g/mol. The van der Waals surface area contributed by atoms with Gasteiger partial charge in [0.15, 0.2) is 0 Å². The van der Waals surface area contributed by atoms with Crippen LogP contribution in [0.2, 0.25) is 0 Å². The van der Waals surface area contributed by atoms with Crippen molar-refractivity contribution in [3.63, 3.8) is 0 Å². The Kier molecular flexibility index (Phi) is 5.99. The molecular formula is C25H29N3O5. The number of ether oxygens (including phenoxy) is 1. The summed E-state index contributed by atoms with van der Waals surface area (Å²) in [5.41, 5.74) is 3.05. The predicted molar refractivity (Wildman–Crippen MR) is 124 cm³/mol. The van der Waals surface area contributed by atoms with E-state index in [1.54, 1.807) is 38.1 Å². The molecule has 0 radical (unpaired) electrons. The van der Waals surface area contributed by atoms with Gasteiger partial charge >= 0.3 is 5.97 Å². The van der Waals surface area contributed by atoms with E-state index in [9.17, 15) is 19.5 Å². The summed E-state index contributed by atoms with van der Waals surface area (Å²) in [4.78, 5) is 38.7. The molecule has 2 aliphatic rings. The van der Waals surface area contributed by atoms with Gasteiger partial charge in [-0.2, -0.15) is 0 Å². The minimum absolute atomic E-state index is 0.279. The standard InChI is InChI=1S/C25H29N3O5/c1-5-33-23(31)16-7-9-17(10-8-16)26-22(30)19-12-20(15(4)29)28-25(19)18-11-6-13(2)14(3)21(18)27-24(25)32/h6-11,15,19-20,28-29H,5,12H2,1-4H3,(H,26,30)(H,27,32)/t15-,19+,20+,25-/m0/s1. The predicted octanol–water partition coefficient (Wildman–Crippen LogP) is 2.63. The fraction of sp³-hybridized carbons (Fsp3) is 0.400. The molecule has 8 heteroatoms. The van der Waals surface area contributed by atoms with Crippen LogP contribution in [0.1, 0.15) is 47.3 Å². The van der Waals surface area contributed by atoms with Gasteiger partial charge in [0.05, 0.1) is 24.2 Å². The van der Waals surface area contributed by atoms with Crippen LogP contribution in [0.4, 0.5) is 11.4 Å². The first kappa shape index (κ1) is 22.9. The van der Waals surface area contributed by atoms with Crippen molar-refractivity contribution in [2.45, 2.75) is 51.8 Å². The van der Waals surface area contributed by atoms with Crippen LogP contribution < -0.4 is 16.0 Å². The van der Waals surface area contributed by atoms with Crippen molar-refractivity contribution < 1.29 is 24.2 Å². The Labute approximate surface area is 192 Å². The second kappa shape index (κ2) is 8.61. The van der Waals surface area contributed by atoms with Crippen LogP contribution in [0.25, 0.3) is 0 Å². The van der Waals surface area contributed by atoms with E-state index in [1.165, 1.54) is 0 Å². The second-order valence-electron chi connectivity index (χ2n) is 8.76. The minimum Gasteiger partial charge on any atom is -0.462 e. The van der Waals surface area contributed by atoms with Crippen molar-refractivity contribution in [1.29, 1.82) is 0 Å². The quantitative estimate of drug-likeness (QED) is 0.520. The molecule has 8 nitrogen and oxygen atoms in total. The van der Waals surface area contributed by atoms with Gasteiger partial charge in [-0.05, 0) is 69.5 Å². The maximum atomic E-state index is 13.5. The molecule has 1 fully saturated rings. The first-order chi connectivity index (χ1) is 15.7. The van der Waals surface area contributed by atoms with Crippen molar-refractivity contribution in [1.82, 2.24) is 5.32 Å². The molecule has 2 heterocycles. The second-order valence-corrected chi connectivity index (χ2v) is 8.76. The van der Waals surface area contributed by atoms with Crippen molar-refractivity contribution in [3.05, 3.63) is 58.7 Å². The maximum Gasteiger partial charge on any atom is 0.338 e. The van der Waals surface area contributed by atoms with E-state index >= 15 is 0 Å². The van der Waals surface area contributed by atoms with Crippen LogP contribution in [0, 0.1) is 19.8 Å². The highest BCUT2D eigenvalue weighted by Crippen LogP contribution is 2.49. The number of anilines is 2. The molecule has 2 aliphatic heterocycles. The third-order valence-corrected chi connectivity index (χ3v) is 6.75. The lowest BCUT2D eigenvalue weighted by Gasteiger charge is -2.29. The molecule has 0 aromatic heterocycles. The number of carbonyl (C=O) groups excluding carboxylic acids is 3. The zero-order chi connectivity index (χ0) is 23.9. The summed E-state index contributed by atoms with van der Waals surface area (Å²) in [5, 5.41) is 19.4. The molecule has 0 bridgehead atoms. The molecule has 1 saturated heterocycles. The van der Waals surface area contributed by atoms with E-state index in [1.807, 2.05) is 26.0 Å². The highest BCUT2D eigenvalue weighted by atomic mass is 16.5. The molecule has 4 rings (SSSR count). The van der Waals surface area contributed by atoms with E-state index in [0.29, 0.717) is 17.7 Å². The van der Waals surface area contributed by atoms with Gasteiger partial charge in [0.2, 0.25) is 11.8 Å². The smallest absolute Gasteiger partial charge is 0.338 e. The van der Waals surface area contributed by atoms with E-state index in [4.69, 9.17) is 4.74 Å². The monoisotopic (exact) mass is 451 g/mol. The number of carbonyl (C=O) groups is 3. The van der Waals surface area contributed by atoms with Crippen molar-refractivity contribution >= 4 is 29.2 Å². The lowest BCUT2D eigenvalue weighted by molar-refractivity contribution is -0.130. The maximum absolute atomic E-state index is 13.5. The molecule has 2 aromatic rings. The van der Waals surface area contributed by atoms with Crippen molar-refractivity contribution in [3.8, 4) is 0 Å². The molecule has 2 amide bonds. The molecule has 4 atom stereocenters. The highest BCUT2D eigenvalue weighted by Gasteiger charge is 2.61. The lowest BCUT2D eigenvalue weighted by Crippen LogP contribution is -2.53. The molecule has 2 aromatic carbocycles. The van der Waals surface area contributed by atoms with E-state index in [2.05, 4.69) is 16.0 Å². The van der Waals surface area contributed by atoms with Crippen LogP contribution in [-0.2, 0) is 19.9 Å². The zero-order valence-electron chi connectivity index (χ0n) is 19.2. The van der Waals surface area contributed by atoms with Crippen LogP contribution in [0.15, 0.2) is 36.4 Å². The third kappa shape index (κ3) is 3.79. The van der Waals surface area contributed by atoms with E-state index < -0.39 is 29.6 Å². The fourth-order valence-corrected chi connectivity index (χ4v) is 4.77. The number of aliphatic hydroxyl groups is 1. The van der Waals surface area contributed by atoms with Gasteiger partial charge in [0.1, 0.15) is 5.54 Å². The Hall–Kier alpha value is -3.23. The zero-order valence-corrected chi connectivity index (χ0v) is 19.2. The number of benzene rings is 2. The first-order valence-corrected chi connectivity index (χ1v) is 11.1. The number of esters is 1. The SMILES string of the molecule is CCOC(=O)c1ccc(NC(=O)[C@H]2C[C@H]([C@H](C)O)N[C@]23C(=O)Nc2c3ccc(C)c2C)cc1. The topological polar surface area (TPSA) is 117 Å². The Balaban J connectivity index is 1.66. The normalized spacial score (nSPS) is 24.3. The summed E-state index contributed by atoms with van der Waals surface area (Å²) in [7, 11) is 0. The summed E-state index contributed by atoms with van der Waals surface area (Å²) >= 11 is 0. The van der Waals surface area contributed by atoms with Crippen molar-refractivity contribution in [2.75, 3.05) is 17.2 Å². The summed E-state index contributed by atoms with van der Waals surface area (Å²) in [5.74, 6) is -1.81. The largest absolute Gasteiger partial charge is 0.462 e. The molecule has 174 valence electrons. The average Bonchev–Trinajstić information content (AvgIpc) is 3.32. The molecule has 4 N–H and O–H groups in total. The number of nitrogens with one attached hydrogen (secondary N) is 3. The number of fused-ring (bicyclic) bond motifs is 2. The summed E-state index contributed by atoms with van der Waals surface area (Å²) < 4.78 is 4.99. The van der Waals surface area contributed by atoms with Gasteiger partial charge in [-0.3, -0.25) is 14.9 Å². The molecular weight excluding hydrogens is 422 g/mol. The van der Waals surface area contributed by atoms with Gasteiger partial charge < -0.3 is 20.5 Å². The van der Waals surface area contributed by atoms with Crippen LogP contribution >= 0.6 is 0 Å². The Bertz CT molecular complexity index is 1110. The number of hydrogen-bond donors (Lipinski definition) is 4. The van der Waals surface area contributed by atoms with Gasteiger partial charge in [-0.25, -0.2) is 4.79 Å². The van der Waals surface area contributed by atoms with Crippen LogP contribution in [-0.4, -0.2) is 41.6 Å². The molecule has 0 unspecified atom stereocenters. The van der Waals surface area contributed by atoms with Gasteiger partial charge in [0, 0.05) is 23.0 Å². The van der Waals surface area contributed by atoms with Crippen molar-refractivity contribution in [2.24, 2.45) is 5.92 Å². The third-order valence-electron chi connectivity index (χ3n) is 6.75. The van der Waals surface area contributed by atoms with Crippen LogP contribution in [0.3, 0.4) is 0 Å². The highest BCUT2D eigenvalue weighted by molar-refractivity contribution is 6.11. The Morgan fingerprint density at radius 3 is 2.55 bits per heavy atom. The number of hydrogen-bond acceptors (Lipinski definition) is 6. The summed E-state index contributed by atoms with van der Waals surface area (Å²) in [6, 6.07) is 9.81. The molecule has 0 saturated carbocycles. The van der Waals surface area contributed by atoms with E-state index in [-0.39, 0.29) is 18.4 Å². The molecule has 0 aliphatic carbocycles. The number of aliphatic hydroxyl groups excluding tert-OH is 1. The van der Waals surface area contributed by atoms with Gasteiger partial charge in [-0.15, -0.1) is 0 Å². The van der Waals surface area contributed by atoms with Gasteiger partial charge in [0.25, 0.3) is 0 Å². The molecule has 33 heavy (non-hydrogen) atoms. The number of rotatable bonds is 5.